The molecule has 0 spiro atoms. The zero-order valence-corrected chi connectivity index (χ0v) is 24.2. The van der Waals surface area contributed by atoms with E-state index in [4.69, 9.17) is 0 Å². The Bertz CT molecular complexity index is 1280. The first-order valence-corrected chi connectivity index (χ1v) is 15.9. The van der Waals surface area contributed by atoms with Crippen LogP contribution in [0.25, 0.3) is 0 Å². The number of hydrogen-bond donors (Lipinski definition) is 0. The average molecular weight is 547 g/mol. The van der Waals surface area contributed by atoms with Crippen LogP contribution in [-0.2, 0) is 33.9 Å². The summed E-state index contributed by atoms with van der Waals surface area (Å²) in [7, 11) is -4.31. The first kappa shape index (κ1) is 29.7. The van der Waals surface area contributed by atoms with Crippen molar-refractivity contribution in [3.05, 3.63) is 120 Å². The van der Waals surface area contributed by atoms with Gasteiger partial charge in [-0.3, -0.25) is 0 Å². The van der Waals surface area contributed by atoms with Crippen molar-refractivity contribution < 1.29 is 13.0 Å². The predicted molar refractivity (Wildman–Crippen MR) is 158 cm³/mol. The quantitative estimate of drug-likeness (QED) is 0.148. The number of benzene rings is 4. The molecule has 4 aromatic rings. The highest BCUT2D eigenvalue weighted by molar-refractivity contribution is 7.97. The number of hydrogen-bond acceptors (Lipinski definition) is 3. The van der Waals surface area contributed by atoms with Crippen LogP contribution in [0.4, 0.5) is 0 Å². The molecule has 0 aliphatic heterocycles. The van der Waals surface area contributed by atoms with Crippen molar-refractivity contribution in [2.45, 2.75) is 78.9 Å². The third-order valence-corrected chi connectivity index (χ3v) is 9.32. The third-order valence-electron chi connectivity index (χ3n) is 6.24. The Labute approximate surface area is 232 Å². The molecule has 0 aliphatic rings. The minimum atomic E-state index is -4.27. The van der Waals surface area contributed by atoms with Gasteiger partial charge in [-0.25, -0.2) is 8.42 Å². The number of unbranched alkanes of at least 4 members (excludes halogenated alkanes) is 2. The molecule has 0 atom stereocenters. The van der Waals surface area contributed by atoms with Crippen molar-refractivity contribution >= 4 is 21.0 Å². The summed E-state index contributed by atoms with van der Waals surface area (Å²) in [4.78, 5) is 4.02. The van der Waals surface area contributed by atoms with Crippen LogP contribution in [0.2, 0.25) is 0 Å². The minimum Gasteiger partial charge on any atom is -0.744 e. The molecular weight excluding hydrogens is 508 g/mol. The summed E-state index contributed by atoms with van der Waals surface area (Å²) >= 11 is 0. The Morgan fingerprint density at radius 2 is 1.03 bits per heavy atom. The first-order valence-electron chi connectivity index (χ1n) is 13.3. The van der Waals surface area contributed by atoms with Gasteiger partial charge in [-0.05, 0) is 92.3 Å². The molecule has 0 bridgehead atoms. The van der Waals surface area contributed by atoms with Crippen molar-refractivity contribution in [3.63, 3.8) is 0 Å². The Morgan fingerprint density at radius 1 is 0.605 bits per heavy atom. The number of rotatable bonds is 10. The zero-order valence-electron chi connectivity index (χ0n) is 22.6. The molecule has 4 aromatic carbocycles. The average Bonchev–Trinajstić information content (AvgIpc) is 2.93. The van der Waals surface area contributed by atoms with Crippen LogP contribution in [0.15, 0.2) is 123 Å². The topological polar surface area (TPSA) is 57.2 Å². The molecule has 3 nitrogen and oxygen atoms in total. The normalized spacial score (nSPS) is 11.2. The maximum absolute atomic E-state index is 10.4. The molecule has 0 unspecified atom stereocenters. The van der Waals surface area contributed by atoms with Gasteiger partial charge in [0.25, 0.3) is 0 Å². The summed E-state index contributed by atoms with van der Waals surface area (Å²) < 4.78 is 31.2. The lowest BCUT2D eigenvalue weighted by atomic mass is 10.1. The molecule has 0 amide bonds. The monoisotopic (exact) mass is 546 g/mol. The van der Waals surface area contributed by atoms with Crippen LogP contribution in [0.5, 0.6) is 0 Å². The van der Waals surface area contributed by atoms with E-state index in [1.54, 1.807) is 12.1 Å². The highest BCUT2D eigenvalue weighted by Gasteiger charge is 2.28. The van der Waals surface area contributed by atoms with E-state index in [0.717, 1.165) is 5.56 Å². The van der Waals surface area contributed by atoms with Gasteiger partial charge in [0.15, 0.2) is 14.7 Å². The summed E-state index contributed by atoms with van der Waals surface area (Å²) in [6.45, 7) is 6.33. The van der Waals surface area contributed by atoms with Crippen molar-refractivity contribution in [2.75, 3.05) is 0 Å². The molecule has 200 valence electrons. The number of aryl methyl sites for hydroxylation is 3. The molecule has 0 fully saturated rings. The Morgan fingerprint density at radius 3 is 1.42 bits per heavy atom. The van der Waals surface area contributed by atoms with Crippen LogP contribution < -0.4 is 0 Å². The fourth-order valence-corrected chi connectivity index (χ4v) is 6.55. The molecule has 0 saturated carbocycles. The molecule has 0 aliphatic carbocycles. The first-order chi connectivity index (χ1) is 18.3. The van der Waals surface area contributed by atoms with Crippen LogP contribution in [0.3, 0.4) is 0 Å². The largest absolute Gasteiger partial charge is 0.744 e. The summed E-state index contributed by atoms with van der Waals surface area (Å²) in [5, 5.41) is 0. The standard InChI is InChI=1S/C26H31S.C7H8O3S/c1-3-5-10-22-14-18-25(19-15-22)27(24-12-8-7-9-13-24)26-20-16-23(17-21-26)11-6-4-2;1-6-2-4-7(5-3-6)11(8,9)10/h7-9,12-21H,3-6,10-11H2,1-2H3;2-5H,1H3,(H,8,9,10)/q+1;/p-1. The van der Waals surface area contributed by atoms with E-state index in [0.29, 0.717) is 0 Å². The van der Waals surface area contributed by atoms with Gasteiger partial charge >= 0.3 is 0 Å². The molecule has 0 N–H and O–H groups in total. The molecule has 0 aromatic heterocycles. The second kappa shape index (κ2) is 14.9. The van der Waals surface area contributed by atoms with E-state index >= 15 is 0 Å². The van der Waals surface area contributed by atoms with E-state index in [9.17, 15) is 13.0 Å². The minimum absolute atomic E-state index is 0.0426. The van der Waals surface area contributed by atoms with E-state index < -0.39 is 10.1 Å². The lowest BCUT2D eigenvalue weighted by Gasteiger charge is -2.09. The van der Waals surface area contributed by atoms with E-state index in [1.165, 1.54) is 76.5 Å². The van der Waals surface area contributed by atoms with Crippen LogP contribution in [0.1, 0.15) is 56.2 Å². The Balaban J connectivity index is 0.000000304. The molecule has 0 saturated heterocycles. The smallest absolute Gasteiger partial charge is 0.166 e. The fourth-order valence-electron chi connectivity index (χ4n) is 4.02. The van der Waals surface area contributed by atoms with E-state index in [1.807, 2.05) is 6.92 Å². The van der Waals surface area contributed by atoms with Gasteiger partial charge < -0.3 is 4.55 Å². The lowest BCUT2D eigenvalue weighted by Crippen LogP contribution is -2.05. The van der Waals surface area contributed by atoms with Gasteiger partial charge in [0.2, 0.25) is 0 Å². The maximum atomic E-state index is 10.4. The molecule has 38 heavy (non-hydrogen) atoms. The van der Waals surface area contributed by atoms with Crippen molar-refractivity contribution in [1.29, 1.82) is 0 Å². The predicted octanol–water partition coefficient (Wildman–Crippen LogP) is 8.37. The summed E-state index contributed by atoms with van der Waals surface area (Å²) in [5.41, 5.74) is 3.83. The van der Waals surface area contributed by atoms with Gasteiger partial charge in [-0.15, -0.1) is 0 Å². The van der Waals surface area contributed by atoms with Crippen LogP contribution >= 0.6 is 0 Å². The second-order valence-electron chi connectivity index (χ2n) is 9.38. The maximum Gasteiger partial charge on any atom is 0.166 e. The van der Waals surface area contributed by atoms with Crippen LogP contribution in [-0.4, -0.2) is 13.0 Å². The van der Waals surface area contributed by atoms with Gasteiger partial charge in [0, 0.05) is 0 Å². The van der Waals surface area contributed by atoms with E-state index in [-0.39, 0.29) is 15.8 Å². The SMILES string of the molecule is CCCCc1ccc([S+](c2ccccc2)c2ccc(CCCC)cc2)cc1.Cc1ccc(S(=O)(=O)[O-])cc1. The third kappa shape index (κ3) is 9.16. The summed E-state index contributed by atoms with van der Waals surface area (Å²) in [6.07, 6.45) is 7.40. The van der Waals surface area contributed by atoms with Crippen molar-refractivity contribution in [1.82, 2.24) is 0 Å². The highest BCUT2D eigenvalue weighted by atomic mass is 32.2. The highest BCUT2D eigenvalue weighted by Crippen LogP contribution is 2.31. The Kier molecular flexibility index (Phi) is 11.7. The molecule has 4 rings (SSSR count). The van der Waals surface area contributed by atoms with E-state index in [2.05, 4.69) is 92.7 Å². The van der Waals surface area contributed by atoms with Crippen molar-refractivity contribution in [2.24, 2.45) is 0 Å². The second-order valence-corrected chi connectivity index (χ2v) is 12.8. The van der Waals surface area contributed by atoms with Crippen LogP contribution in [0, 0.1) is 6.92 Å². The van der Waals surface area contributed by atoms with Gasteiger partial charge in [0.05, 0.1) is 15.8 Å². The summed E-state index contributed by atoms with van der Waals surface area (Å²) in [6, 6.07) is 35.4. The fraction of sp³-hybridized carbons (Fsp3) is 0.273. The van der Waals surface area contributed by atoms with Gasteiger partial charge in [-0.2, -0.15) is 0 Å². The van der Waals surface area contributed by atoms with Crippen molar-refractivity contribution in [3.8, 4) is 0 Å². The summed E-state index contributed by atoms with van der Waals surface area (Å²) in [5.74, 6) is 0. The van der Waals surface area contributed by atoms with Gasteiger partial charge in [0.1, 0.15) is 10.1 Å². The molecule has 0 heterocycles. The molecule has 5 heteroatoms. The lowest BCUT2D eigenvalue weighted by molar-refractivity contribution is 0.463. The van der Waals surface area contributed by atoms with Gasteiger partial charge in [-0.1, -0.05) is 86.8 Å². The Hall–Kier alpha value is -2.86. The molecule has 0 radical (unpaired) electrons. The zero-order chi connectivity index (χ0) is 27.4. The molecular formula is C33H38O3S2.